The molecule has 7 nitrogen and oxygen atoms in total. The molecule has 0 aliphatic rings. The number of aldehydes is 1. The number of nitrogens with zero attached hydrogens (tertiary/aromatic N) is 2. The Labute approximate surface area is 214 Å². The topological polar surface area (TPSA) is 82.4 Å². The van der Waals surface area contributed by atoms with Crippen LogP contribution in [0, 0.1) is 0 Å². The minimum absolute atomic E-state index is 0.00653. The highest BCUT2D eigenvalue weighted by Gasteiger charge is 2.18. The maximum atomic E-state index is 13.3. The number of rotatable bonds is 9. The van der Waals surface area contributed by atoms with Gasteiger partial charge in [0.15, 0.2) is 0 Å². The second-order valence-corrected chi connectivity index (χ2v) is 8.83. The Morgan fingerprint density at radius 1 is 1.06 bits per heavy atom. The molecule has 0 saturated heterocycles. The molecule has 0 aliphatic heterocycles. The highest BCUT2D eigenvalue weighted by atomic mass is 35.5. The number of anilines is 1. The first-order valence-corrected chi connectivity index (χ1v) is 11.8. The van der Waals surface area contributed by atoms with Gasteiger partial charge >= 0.3 is 0 Å². The van der Waals surface area contributed by atoms with Crippen molar-refractivity contribution in [1.29, 1.82) is 0 Å². The van der Waals surface area contributed by atoms with Gasteiger partial charge in [-0.3, -0.25) is 14.3 Å². The summed E-state index contributed by atoms with van der Waals surface area (Å²) >= 11 is 6.45. The van der Waals surface area contributed by atoms with Gasteiger partial charge in [0.1, 0.15) is 23.5 Å². The molecule has 0 saturated carbocycles. The lowest BCUT2D eigenvalue weighted by Crippen LogP contribution is -2.18. The average Bonchev–Trinajstić information content (AvgIpc) is 3.30. The Kier molecular flexibility index (Phi) is 7.71. The summed E-state index contributed by atoms with van der Waals surface area (Å²) in [7, 11) is 1.61. The van der Waals surface area contributed by atoms with Crippen molar-refractivity contribution in [2.75, 3.05) is 12.4 Å². The molecule has 184 valence electrons. The summed E-state index contributed by atoms with van der Waals surface area (Å²) in [6.45, 7) is 4.24. The summed E-state index contributed by atoms with van der Waals surface area (Å²) in [5.41, 5.74) is 3.79. The molecule has 1 amide bonds. The summed E-state index contributed by atoms with van der Waals surface area (Å²) in [6, 6.07) is 21.4. The van der Waals surface area contributed by atoms with E-state index in [4.69, 9.17) is 26.2 Å². The van der Waals surface area contributed by atoms with Gasteiger partial charge in [-0.15, -0.1) is 0 Å². The zero-order chi connectivity index (χ0) is 25.7. The highest BCUT2D eigenvalue weighted by Crippen LogP contribution is 2.31. The number of aromatic nitrogens is 2. The van der Waals surface area contributed by atoms with Crippen molar-refractivity contribution in [2.45, 2.75) is 26.5 Å². The van der Waals surface area contributed by atoms with Gasteiger partial charge in [0, 0.05) is 16.8 Å². The largest absolute Gasteiger partial charge is 0.497 e. The zero-order valence-electron chi connectivity index (χ0n) is 20.2. The molecule has 1 aromatic heterocycles. The van der Waals surface area contributed by atoms with Crippen LogP contribution in [0.4, 0.5) is 5.69 Å². The van der Waals surface area contributed by atoms with E-state index in [0.717, 1.165) is 23.2 Å². The molecule has 1 heterocycles. The van der Waals surface area contributed by atoms with E-state index in [9.17, 15) is 9.59 Å². The van der Waals surface area contributed by atoms with E-state index in [1.807, 2.05) is 44.2 Å². The molecular weight excluding hydrogens is 478 g/mol. The van der Waals surface area contributed by atoms with Gasteiger partial charge in [-0.1, -0.05) is 23.7 Å². The van der Waals surface area contributed by atoms with Crippen LogP contribution in [0.15, 0.2) is 72.8 Å². The van der Waals surface area contributed by atoms with Crippen molar-refractivity contribution in [3.8, 4) is 22.8 Å². The maximum Gasteiger partial charge on any atom is 0.273 e. The van der Waals surface area contributed by atoms with Crippen LogP contribution >= 0.6 is 11.6 Å². The molecule has 0 unspecified atom stereocenters. The fraction of sp³-hybridized carbons (Fsp3) is 0.179. The number of amides is 1. The smallest absolute Gasteiger partial charge is 0.273 e. The quantitative estimate of drug-likeness (QED) is 0.278. The molecule has 0 radical (unpaired) electrons. The Bertz CT molecular complexity index is 1360. The van der Waals surface area contributed by atoms with Crippen LogP contribution in [0.3, 0.4) is 0 Å². The van der Waals surface area contributed by atoms with Crippen LogP contribution in [0.2, 0.25) is 5.02 Å². The first-order valence-electron chi connectivity index (χ1n) is 11.4. The maximum absolute atomic E-state index is 13.3. The van der Waals surface area contributed by atoms with Gasteiger partial charge in [-0.05, 0) is 80.1 Å². The molecule has 4 rings (SSSR count). The number of methoxy groups -OCH3 is 1. The number of carbonyl (C=O) groups is 2. The van der Waals surface area contributed by atoms with E-state index in [2.05, 4.69) is 5.32 Å². The van der Waals surface area contributed by atoms with E-state index in [-0.39, 0.29) is 12.0 Å². The van der Waals surface area contributed by atoms with Crippen LogP contribution < -0.4 is 14.8 Å². The van der Waals surface area contributed by atoms with E-state index in [1.165, 1.54) is 0 Å². The van der Waals surface area contributed by atoms with Crippen molar-refractivity contribution in [3.63, 3.8) is 0 Å². The van der Waals surface area contributed by atoms with Crippen LogP contribution in [0.5, 0.6) is 11.5 Å². The van der Waals surface area contributed by atoms with Gasteiger partial charge in [0.25, 0.3) is 5.91 Å². The van der Waals surface area contributed by atoms with Crippen LogP contribution in [0.25, 0.3) is 11.3 Å². The number of carbonyl (C=O) groups excluding carboxylic acids is 2. The lowest BCUT2D eigenvalue weighted by molar-refractivity contribution is 0.101. The molecule has 0 atom stereocenters. The number of hydrogen-bond acceptors (Lipinski definition) is 5. The lowest BCUT2D eigenvalue weighted by Gasteiger charge is -2.11. The number of ether oxygens (including phenoxy) is 2. The molecular formula is C28H26ClN3O4. The molecule has 3 aromatic carbocycles. The number of halogens is 1. The standard InChI is InChI=1S/C28H26ClN3O4/c1-18(2)36-27-13-8-21(14-24(27)29)25-15-26(28(34)30-22-9-4-20(17-33)5-10-22)32(31-25)16-19-6-11-23(35-3)12-7-19/h4-15,17-18H,16H2,1-3H3,(H,30,34). The third-order valence-electron chi connectivity index (χ3n) is 5.40. The predicted molar refractivity (Wildman–Crippen MR) is 140 cm³/mol. The number of nitrogens with one attached hydrogen (secondary N) is 1. The number of hydrogen-bond donors (Lipinski definition) is 1. The molecule has 36 heavy (non-hydrogen) atoms. The highest BCUT2D eigenvalue weighted by molar-refractivity contribution is 6.32. The van der Waals surface area contributed by atoms with Crippen molar-refractivity contribution in [1.82, 2.24) is 9.78 Å². The van der Waals surface area contributed by atoms with Gasteiger partial charge < -0.3 is 14.8 Å². The van der Waals surface area contributed by atoms with Crippen molar-refractivity contribution >= 4 is 29.5 Å². The Morgan fingerprint density at radius 3 is 2.39 bits per heavy atom. The second-order valence-electron chi connectivity index (χ2n) is 8.43. The average molecular weight is 504 g/mol. The zero-order valence-corrected chi connectivity index (χ0v) is 21.0. The fourth-order valence-electron chi connectivity index (χ4n) is 3.61. The van der Waals surface area contributed by atoms with Crippen molar-refractivity contribution < 1.29 is 19.1 Å². The molecule has 0 bridgehead atoms. The lowest BCUT2D eigenvalue weighted by atomic mass is 10.1. The summed E-state index contributed by atoms with van der Waals surface area (Å²) in [5, 5.41) is 8.06. The van der Waals surface area contributed by atoms with E-state index < -0.39 is 0 Å². The van der Waals surface area contributed by atoms with Crippen LogP contribution in [-0.4, -0.2) is 35.2 Å². The van der Waals surface area contributed by atoms with Gasteiger partial charge in [-0.2, -0.15) is 5.10 Å². The Balaban J connectivity index is 1.67. The van der Waals surface area contributed by atoms with Crippen LogP contribution in [-0.2, 0) is 6.54 Å². The molecule has 0 spiro atoms. The SMILES string of the molecule is COc1ccc(Cn2nc(-c3ccc(OC(C)C)c(Cl)c3)cc2C(=O)Nc2ccc(C=O)cc2)cc1. The number of benzene rings is 3. The van der Waals surface area contributed by atoms with Crippen molar-refractivity contribution in [3.05, 3.63) is 94.6 Å². The second kappa shape index (κ2) is 11.1. The molecule has 0 aliphatic carbocycles. The Hall–Kier alpha value is -4.10. The monoisotopic (exact) mass is 503 g/mol. The summed E-state index contributed by atoms with van der Waals surface area (Å²) < 4.78 is 12.6. The van der Waals surface area contributed by atoms with Crippen molar-refractivity contribution in [2.24, 2.45) is 0 Å². The third kappa shape index (κ3) is 5.93. The molecule has 8 heteroatoms. The van der Waals surface area contributed by atoms with E-state index in [0.29, 0.717) is 40.0 Å². The third-order valence-corrected chi connectivity index (χ3v) is 5.69. The summed E-state index contributed by atoms with van der Waals surface area (Å²) in [4.78, 5) is 24.2. The minimum atomic E-state index is -0.327. The van der Waals surface area contributed by atoms with E-state index in [1.54, 1.807) is 54.3 Å². The summed E-state index contributed by atoms with van der Waals surface area (Å²) in [5.74, 6) is 1.01. The first-order chi connectivity index (χ1) is 17.4. The first kappa shape index (κ1) is 25.0. The van der Waals surface area contributed by atoms with Gasteiger partial charge in [0.2, 0.25) is 0 Å². The fourth-order valence-corrected chi connectivity index (χ4v) is 3.84. The van der Waals surface area contributed by atoms with Gasteiger partial charge in [0.05, 0.1) is 30.5 Å². The normalized spacial score (nSPS) is 10.8. The van der Waals surface area contributed by atoms with Gasteiger partial charge in [-0.25, -0.2) is 0 Å². The van der Waals surface area contributed by atoms with Crippen LogP contribution in [0.1, 0.15) is 40.3 Å². The molecule has 4 aromatic rings. The predicted octanol–water partition coefficient (Wildman–Crippen LogP) is 6.11. The molecule has 0 fully saturated rings. The Morgan fingerprint density at radius 2 is 1.78 bits per heavy atom. The minimum Gasteiger partial charge on any atom is -0.497 e. The molecule has 1 N–H and O–H groups in total. The summed E-state index contributed by atoms with van der Waals surface area (Å²) in [6.07, 6.45) is 0.748. The van der Waals surface area contributed by atoms with E-state index >= 15 is 0 Å².